The number of carbonyl (C=O) groups excluding carboxylic acids is 1. The van der Waals surface area contributed by atoms with Gasteiger partial charge in [-0.25, -0.2) is 9.97 Å². The second kappa shape index (κ2) is 6.44. The SMILES string of the molecule is Cc1cc(C(=O)N[C@@H](C)c2nncn2C2CCCC2)nc(C)n1. The normalized spacial score (nSPS) is 16.5. The summed E-state index contributed by atoms with van der Waals surface area (Å²) in [7, 11) is 0. The van der Waals surface area contributed by atoms with Crippen LogP contribution in [0.3, 0.4) is 0 Å². The van der Waals surface area contributed by atoms with Crippen LogP contribution in [-0.2, 0) is 0 Å². The van der Waals surface area contributed by atoms with Gasteiger partial charge in [-0.1, -0.05) is 12.8 Å². The molecule has 2 aromatic rings. The predicted molar refractivity (Wildman–Crippen MR) is 84.9 cm³/mol. The van der Waals surface area contributed by atoms with Crippen molar-refractivity contribution in [1.29, 1.82) is 0 Å². The zero-order chi connectivity index (χ0) is 16.4. The van der Waals surface area contributed by atoms with Gasteiger partial charge in [0.2, 0.25) is 0 Å². The van der Waals surface area contributed by atoms with Crippen LogP contribution in [0.2, 0.25) is 0 Å². The van der Waals surface area contributed by atoms with Crippen LogP contribution in [0.5, 0.6) is 0 Å². The average Bonchev–Trinajstić information content (AvgIpc) is 3.17. The molecule has 2 heterocycles. The molecule has 23 heavy (non-hydrogen) atoms. The summed E-state index contributed by atoms with van der Waals surface area (Å²) in [5.41, 5.74) is 1.17. The Balaban J connectivity index is 1.75. The van der Waals surface area contributed by atoms with E-state index in [1.54, 1.807) is 19.3 Å². The molecule has 1 fully saturated rings. The van der Waals surface area contributed by atoms with E-state index < -0.39 is 0 Å². The van der Waals surface area contributed by atoms with Crippen molar-refractivity contribution in [3.8, 4) is 0 Å². The van der Waals surface area contributed by atoms with Crippen LogP contribution in [0.25, 0.3) is 0 Å². The molecule has 0 unspecified atom stereocenters. The van der Waals surface area contributed by atoms with Crippen LogP contribution in [-0.4, -0.2) is 30.6 Å². The maximum atomic E-state index is 12.4. The lowest BCUT2D eigenvalue weighted by atomic mass is 10.2. The van der Waals surface area contributed by atoms with Gasteiger partial charge in [-0.2, -0.15) is 0 Å². The van der Waals surface area contributed by atoms with E-state index >= 15 is 0 Å². The number of aryl methyl sites for hydroxylation is 2. The van der Waals surface area contributed by atoms with E-state index in [4.69, 9.17) is 0 Å². The molecule has 122 valence electrons. The first-order valence-corrected chi connectivity index (χ1v) is 8.07. The Kier molecular flexibility index (Phi) is 4.36. The number of carbonyl (C=O) groups is 1. The molecule has 1 saturated carbocycles. The molecule has 1 N–H and O–H groups in total. The molecule has 0 radical (unpaired) electrons. The van der Waals surface area contributed by atoms with Crippen molar-refractivity contribution >= 4 is 5.91 Å². The highest BCUT2D eigenvalue weighted by atomic mass is 16.1. The molecule has 7 nitrogen and oxygen atoms in total. The summed E-state index contributed by atoms with van der Waals surface area (Å²) < 4.78 is 2.11. The lowest BCUT2D eigenvalue weighted by molar-refractivity contribution is 0.0931. The van der Waals surface area contributed by atoms with E-state index in [0.717, 1.165) is 24.4 Å². The average molecular weight is 314 g/mol. The zero-order valence-electron chi connectivity index (χ0n) is 13.8. The van der Waals surface area contributed by atoms with Crippen LogP contribution in [0.4, 0.5) is 0 Å². The third kappa shape index (κ3) is 3.38. The van der Waals surface area contributed by atoms with Gasteiger partial charge in [0, 0.05) is 11.7 Å². The molecular formula is C16H22N6O. The van der Waals surface area contributed by atoms with Gasteiger partial charge in [-0.15, -0.1) is 10.2 Å². The van der Waals surface area contributed by atoms with Gasteiger partial charge >= 0.3 is 0 Å². The predicted octanol–water partition coefficient (Wildman–Crippen LogP) is 2.29. The number of hydrogen-bond acceptors (Lipinski definition) is 5. The van der Waals surface area contributed by atoms with Crippen molar-refractivity contribution in [1.82, 2.24) is 30.0 Å². The van der Waals surface area contributed by atoms with E-state index in [1.807, 2.05) is 13.8 Å². The van der Waals surface area contributed by atoms with Gasteiger partial charge in [0.15, 0.2) is 5.82 Å². The third-order valence-electron chi connectivity index (χ3n) is 4.25. The fourth-order valence-corrected chi connectivity index (χ4v) is 3.19. The smallest absolute Gasteiger partial charge is 0.270 e. The number of amides is 1. The standard InChI is InChI=1S/C16H22N6O/c1-10-8-14(20-12(3)18-10)16(23)19-11(2)15-21-17-9-22(15)13-6-4-5-7-13/h8-9,11,13H,4-7H2,1-3H3,(H,19,23)/t11-/m0/s1. The molecule has 1 aliphatic rings. The number of hydrogen-bond donors (Lipinski definition) is 1. The van der Waals surface area contributed by atoms with Crippen molar-refractivity contribution in [2.24, 2.45) is 0 Å². The minimum Gasteiger partial charge on any atom is -0.341 e. The molecule has 3 rings (SSSR count). The second-order valence-electron chi connectivity index (χ2n) is 6.17. The Hall–Kier alpha value is -2.31. The Labute approximate surface area is 135 Å². The van der Waals surface area contributed by atoms with Crippen molar-refractivity contribution in [3.05, 3.63) is 35.4 Å². The van der Waals surface area contributed by atoms with Crippen LogP contribution in [0.15, 0.2) is 12.4 Å². The first-order chi connectivity index (χ1) is 11.0. The molecule has 0 saturated heterocycles. The number of rotatable bonds is 4. The van der Waals surface area contributed by atoms with Crippen LogP contribution >= 0.6 is 0 Å². The summed E-state index contributed by atoms with van der Waals surface area (Å²) in [6.45, 7) is 5.56. The van der Waals surface area contributed by atoms with Crippen molar-refractivity contribution in [2.45, 2.75) is 58.5 Å². The Bertz CT molecular complexity index is 684. The molecule has 2 aromatic heterocycles. The highest BCUT2D eigenvalue weighted by molar-refractivity contribution is 5.92. The zero-order valence-corrected chi connectivity index (χ0v) is 13.8. The van der Waals surface area contributed by atoms with Crippen LogP contribution in [0, 0.1) is 13.8 Å². The molecule has 7 heteroatoms. The number of nitrogens with one attached hydrogen (secondary N) is 1. The largest absolute Gasteiger partial charge is 0.341 e. The van der Waals surface area contributed by atoms with Gasteiger partial charge in [0.05, 0.1) is 6.04 Å². The van der Waals surface area contributed by atoms with Gasteiger partial charge in [-0.05, 0) is 39.7 Å². The summed E-state index contributed by atoms with van der Waals surface area (Å²) >= 11 is 0. The fourth-order valence-electron chi connectivity index (χ4n) is 3.19. The second-order valence-corrected chi connectivity index (χ2v) is 6.17. The van der Waals surface area contributed by atoms with E-state index in [1.165, 1.54) is 12.8 Å². The maximum Gasteiger partial charge on any atom is 0.270 e. The Morgan fingerprint density at radius 2 is 2.04 bits per heavy atom. The molecular weight excluding hydrogens is 292 g/mol. The Morgan fingerprint density at radius 1 is 1.30 bits per heavy atom. The summed E-state index contributed by atoms with van der Waals surface area (Å²) in [5, 5.41) is 11.2. The van der Waals surface area contributed by atoms with Gasteiger partial charge in [-0.3, -0.25) is 4.79 Å². The molecule has 1 aliphatic carbocycles. The molecule has 0 bridgehead atoms. The first kappa shape index (κ1) is 15.6. The molecule has 0 spiro atoms. The summed E-state index contributed by atoms with van der Waals surface area (Å²) in [6, 6.07) is 1.92. The minimum absolute atomic E-state index is 0.216. The maximum absolute atomic E-state index is 12.4. The van der Waals surface area contributed by atoms with E-state index in [0.29, 0.717) is 17.6 Å². The highest BCUT2D eigenvalue weighted by Gasteiger charge is 2.24. The lowest BCUT2D eigenvalue weighted by Gasteiger charge is -2.18. The monoisotopic (exact) mass is 314 g/mol. The number of nitrogens with zero attached hydrogens (tertiary/aromatic N) is 5. The number of aromatic nitrogens is 5. The topological polar surface area (TPSA) is 85.6 Å². The van der Waals surface area contributed by atoms with E-state index in [-0.39, 0.29) is 11.9 Å². The van der Waals surface area contributed by atoms with Crippen molar-refractivity contribution in [2.75, 3.05) is 0 Å². The fraction of sp³-hybridized carbons (Fsp3) is 0.562. The van der Waals surface area contributed by atoms with Crippen LogP contribution in [0.1, 0.15) is 72.5 Å². The molecule has 1 amide bonds. The Morgan fingerprint density at radius 3 is 2.74 bits per heavy atom. The lowest BCUT2D eigenvalue weighted by Crippen LogP contribution is -2.30. The molecule has 0 aliphatic heterocycles. The quantitative estimate of drug-likeness (QED) is 0.935. The van der Waals surface area contributed by atoms with Gasteiger partial charge in [0.25, 0.3) is 5.91 Å². The van der Waals surface area contributed by atoms with E-state index in [2.05, 4.69) is 30.0 Å². The summed E-state index contributed by atoms with van der Waals surface area (Å²) in [6.07, 6.45) is 6.55. The van der Waals surface area contributed by atoms with E-state index in [9.17, 15) is 4.79 Å². The first-order valence-electron chi connectivity index (χ1n) is 8.07. The van der Waals surface area contributed by atoms with Crippen molar-refractivity contribution in [3.63, 3.8) is 0 Å². The third-order valence-corrected chi connectivity index (χ3v) is 4.25. The van der Waals surface area contributed by atoms with Gasteiger partial charge < -0.3 is 9.88 Å². The summed E-state index contributed by atoms with van der Waals surface area (Å²) in [5.74, 6) is 1.18. The van der Waals surface area contributed by atoms with Crippen LogP contribution < -0.4 is 5.32 Å². The highest BCUT2D eigenvalue weighted by Crippen LogP contribution is 2.31. The minimum atomic E-state index is -0.221. The van der Waals surface area contributed by atoms with Crippen molar-refractivity contribution < 1.29 is 4.79 Å². The van der Waals surface area contributed by atoms with Gasteiger partial charge in [0.1, 0.15) is 17.8 Å². The molecule has 0 aromatic carbocycles. The summed E-state index contributed by atoms with van der Waals surface area (Å²) in [4.78, 5) is 20.8. The molecule has 1 atom stereocenters.